The van der Waals surface area contributed by atoms with Gasteiger partial charge in [0.1, 0.15) is 0 Å². The molecular formula is C17H36N2O. The van der Waals surface area contributed by atoms with Gasteiger partial charge < -0.3 is 15.3 Å². The Morgan fingerprint density at radius 2 is 1.75 bits per heavy atom. The zero-order chi connectivity index (χ0) is 14.8. The number of aliphatic hydroxyl groups is 1. The number of piperazine rings is 1. The zero-order valence-electron chi connectivity index (χ0n) is 14.0. The lowest BCUT2D eigenvalue weighted by Crippen LogP contribution is -2.43. The number of hydrogen-bond donors (Lipinski definition) is 2. The van der Waals surface area contributed by atoms with Gasteiger partial charge in [0.15, 0.2) is 0 Å². The quantitative estimate of drug-likeness (QED) is 0.639. The standard InChI is InChI=1S/C17H36N2O/c1-17(2,3)9-8-16(15-20)7-5-4-6-12-19-13-10-18-11-14-19/h16,18,20H,4-15H2,1-3H3/t16-/m1/s1. The van der Waals surface area contributed by atoms with Crippen LogP contribution in [-0.4, -0.2) is 49.3 Å². The summed E-state index contributed by atoms with van der Waals surface area (Å²) in [5, 5.41) is 12.9. The molecule has 1 saturated heterocycles. The van der Waals surface area contributed by atoms with E-state index in [0.29, 0.717) is 17.9 Å². The van der Waals surface area contributed by atoms with Crippen molar-refractivity contribution < 1.29 is 5.11 Å². The molecular weight excluding hydrogens is 248 g/mol. The van der Waals surface area contributed by atoms with E-state index >= 15 is 0 Å². The van der Waals surface area contributed by atoms with Gasteiger partial charge in [0, 0.05) is 32.8 Å². The monoisotopic (exact) mass is 284 g/mol. The van der Waals surface area contributed by atoms with Gasteiger partial charge >= 0.3 is 0 Å². The highest BCUT2D eigenvalue weighted by Crippen LogP contribution is 2.25. The summed E-state index contributed by atoms with van der Waals surface area (Å²) < 4.78 is 0. The normalized spacial score (nSPS) is 19.2. The summed E-state index contributed by atoms with van der Waals surface area (Å²) in [6, 6.07) is 0. The van der Waals surface area contributed by atoms with Crippen molar-refractivity contribution in [1.29, 1.82) is 0 Å². The van der Waals surface area contributed by atoms with Gasteiger partial charge in [0.25, 0.3) is 0 Å². The summed E-state index contributed by atoms with van der Waals surface area (Å²) in [7, 11) is 0. The average Bonchev–Trinajstić information content (AvgIpc) is 2.42. The number of rotatable bonds is 9. The van der Waals surface area contributed by atoms with E-state index < -0.39 is 0 Å². The van der Waals surface area contributed by atoms with Crippen LogP contribution in [0.5, 0.6) is 0 Å². The maximum atomic E-state index is 9.47. The van der Waals surface area contributed by atoms with Crippen molar-refractivity contribution in [2.24, 2.45) is 11.3 Å². The summed E-state index contributed by atoms with van der Waals surface area (Å²) in [5.41, 5.74) is 0.399. The summed E-state index contributed by atoms with van der Waals surface area (Å²) in [6.45, 7) is 13.2. The molecule has 1 atom stereocenters. The van der Waals surface area contributed by atoms with E-state index in [2.05, 4.69) is 31.0 Å². The molecule has 0 amide bonds. The number of nitrogens with one attached hydrogen (secondary N) is 1. The predicted octanol–water partition coefficient (Wildman–Crippen LogP) is 2.89. The van der Waals surface area contributed by atoms with Crippen LogP contribution in [0, 0.1) is 11.3 Å². The number of unbranched alkanes of at least 4 members (excludes halogenated alkanes) is 2. The van der Waals surface area contributed by atoms with Crippen LogP contribution in [0.3, 0.4) is 0 Å². The highest BCUT2D eigenvalue weighted by atomic mass is 16.3. The van der Waals surface area contributed by atoms with Crippen molar-refractivity contribution >= 4 is 0 Å². The largest absolute Gasteiger partial charge is 0.396 e. The van der Waals surface area contributed by atoms with E-state index in [9.17, 15) is 5.11 Å². The van der Waals surface area contributed by atoms with Crippen molar-refractivity contribution in [3.63, 3.8) is 0 Å². The summed E-state index contributed by atoms with van der Waals surface area (Å²) in [5.74, 6) is 0.522. The lowest BCUT2D eigenvalue weighted by molar-refractivity contribution is 0.188. The molecule has 0 aromatic rings. The van der Waals surface area contributed by atoms with E-state index in [1.165, 1.54) is 58.2 Å². The first-order valence-electron chi connectivity index (χ1n) is 8.55. The molecule has 1 aliphatic rings. The number of hydrogen-bond acceptors (Lipinski definition) is 3. The van der Waals surface area contributed by atoms with E-state index in [-0.39, 0.29) is 0 Å². The first-order valence-corrected chi connectivity index (χ1v) is 8.55. The van der Waals surface area contributed by atoms with Crippen molar-refractivity contribution in [3.8, 4) is 0 Å². The van der Waals surface area contributed by atoms with Gasteiger partial charge in [0.05, 0.1) is 0 Å². The Morgan fingerprint density at radius 1 is 1.05 bits per heavy atom. The molecule has 2 N–H and O–H groups in total. The van der Waals surface area contributed by atoms with E-state index in [0.717, 1.165) is 13.1 Å². The fourth-order valence-corrected chi connectivity index (χ4v) is 2.84. The van der Waals surface area contributed by atoms with Crippen LogP contribution < -0.4 is 5.32 Å². The minimum Gasteiger partial charge on any atom is -0.396 e. The van der Waals surface area contributed by atoms with E-state index in [1.807, 2.05) is 0 Å². The topological polar surface area (TPSA) is 35.5 Å². The van der Waals surface area contributed by atoms with Gasteiger partial charge in [0.2, 0.25) is 0 Å². The Balaban J connectivity index is 2.00. The van der Waals surface area contributed by atoms with Crippen LogP contribution >= 0.6 is 0 Å². The smallest absolute Gasteiger partial charge is 0.0459 e. The zero-order valence-corrected chi connectivity index (χ0v) is 14.0. The molecule has 0 bridgehead atoms. The van der Waals surface area contributed by atoms with Crippen LogP contribution in [0.4, 0.5) is 0 Å². The van der Waals surface area contributed by atoms with Gasteiger partial charge in [-0.15, -0.1) is 0 Å². The maximum Gasteiger partial charge on any atom is 0.0459 e. The maximum absolute atomic E-state index is 9.47. The van der Waals surface area contributed by atoms with Crippen molar-refractivity contribution in [2.45, 2.75) is 59.3 Å². The third kappa shape index (κ3) is 8.93. The molecule has 120 valence electrons. The molecule has 0 radical (unpaired) electrons. The fourth-order valence-electron chi connectivity index (χ4n) is 2.84. The third-order valence-electron chi connectivity index (χ3n) is 4.36. The van der Waals surface area contributed by atoms with E-state index in [1.54, 1.807) is 0 Å². The molecule has 0 spiro atoms. The van der Waals surface area contributed by atoms with Crippen LogP contribution in [0.2, 0.25) is 0 Å². The molecule has 1 aliphatic heterocycles. The minimum atomic E-state index is 0.369. The molecule has 0 saturated carbocycles. The van der Waals surface area contributed by atoms with E-state index in [4.69, 9.17) is 0 Å². The molecule has 1 fully saturated rings. The Bertz CT molecular complexity index is 232. The van der Waals surface area contributed by atoms with Crippen LogP contribution in [0.25, 0.3) is 0 Å². The third-order valence-corrected chi connectivity index (χ3v) is 4.36. The molecule has 0 aliphatic carbocycles. The van der Waals surface area contributed by atoms with Crippen LogP contribution in [0.1, 0.15) is 59.3 Å². The number of nitrogens with zero attached hydrogens (tertiary/aromatic N) is 1. The Hall–Kier alpha value is -0.120. The van der Waals surface area contributed by atoms with Crippen molar-refractivity contribution in [1.82, 2.24) is 10.2 Å². The summed E-state index contributed by atoms with van der Waals surface area (Å²) in [6.07, 6.45) is 7.51. The van der Waals surface area contributed by atoms with Crippen molar-refractivity contribution in [2.75, 3.05) is 39.3 Å². The van der Waals surface area contributed by atoms with Crippen LogP contribution in [-0.2, 0) is 0 Å². The second-order valence-electron chi connectivity index (χ2n) is 7.59. The second kappa shape index (κ2) is 9.75. The van der Waals surface area contributed by atoms with Gasteiger partial charge in [-0.05, 0) is 43.6 Å². The van der Waals surface area contributed by atoms with Gasteiger partial charge in [-0.2, -0.15) is 0 Å². The molecule has 0 aromatic heterocycles. The lowest BCUT2D eigenvalue weighted by atomic mass is 9.85. The molecule has 1 heterocycles. The second-order valence-corrected chi connectivity index (χ2v) is 7.59. The highest BCUT2D eigenvalue weighted by molar-refractivity contribution is 4.68. The SMILES string of the molecule is CC(C)(C)CC[C@H](CO)CCCCCN1CCNCC1. The van der Waals surface area contributed by atoms with Crippen molar-refractivity contribution in [3.05, 3.63) is 0 Å². The molecule has 20 heavy (non-hydrogen) atoms. The Morgan fingerprint density at radius 3 is 2.35 bits per heavy atom. The number of aliphatic hydroxyl groups excluding tert-OH is 1. The predicted molar refractivity (Wildman–Crippen MR) is 87.0 cm³/mol. The van der Waals surface area contributed by atoms with Gasteiger partial charge in [-0.1, -0.05) is 33.6 Å². The summed E-state index contributed by atoms with van der Waals surface area (Å²) >= 11 is 0. The van der Waals surface area contributed by atoms with Gasteiger partial charge in [-0.3, -0.25) is 0 Å². The molecule has 0 aromatic carbocycles. The molecule has 0 unspecified atom stereocenters. The molecule has 3 heteroatoms. The van der Waals surface area contributed by atoms with Gasteiger partial charge in [-0.25, -0.2) is 0 Å². The first kappa shape index (κ1) is 17.9. The Labute approximate surface area is 126 Å². The first-order chi connectivity index (χ1) is 9.51. The highest BCUT2D eigenvalue weighted by Gasteiger charge is 2.15. The molecule has 1 rings (SSSR count). The average molecular weight is 284 g/mol. The Kier molecular flexibility index (Phi) is 8.74. The summed E-state index contributed by atoms with van der Waals surface area (Å²) in [4.78, 5) is 2.57. The van der Waals surface area contributed by atoms with Crippen LogP contribution in [0.15, 0.2) is 0 Å². The fraction of sp³-hybridized carbons (Fsp3) is 1.00. The lowest BCUT2D eigenvalue weighted by Gasteiger charge is -2.27. The minimum absolute atomic E-state index is 0.369. The molecule has 3 nitrogen and oxygen atoms in total.